The second-order valence-corrected chi connectivity index (χ2v) is 9.23. The summed E-state index contributed by atoms with van der Waals surface area (Å²) in [5.41, 5.74) is 6.32. The molecule has 7 nitrogen and oxygen atoms in total. The maximum atomic E-state index is 11.6. The highest BCUT2D eigenvalue weighted by molar-refractivity contribution is 5.73. The van der Waals surface area contributed by atoms with E-state index in [-0.39, 0.29) is 11.9 Å². The van der Waals surface area contributed by atoms with Gasteiger partial charge in [0, 0.05) is 30.8 Å². The molecule has 0 spiro atoms. The lowest BCUT2D eigenvalue weighted by Gasteiger charge is -2.37. The van der Waals surface area contributed by atoms with Crippen molar-refractivity contribution in [2.75, 3.05) is 20.2 Å². The van der Waals surface area contributed by atoms with Gasteiger partial charge >= 0.3 is 5.97 Å². The summed E-state index contributed by atoms with van der Waals surface area (Å²) in [7, 11) is 1.44. The van der Waals surface area contributed by atoms with Gasteiger partial charge in [-0.3, -0.25) is 14.7 Å². The highest BCUT2D eigenvalue weighted by atomic mass is 16.5. The Balaban J connectivity index is 1.49. The van der Waals surface area contributed by atoms with E-state index >= 15 is 0 Å². The molecule has 0 atom stereocenters. The molecule has 0 aliphatic carbocycles. The molecule has 174 valence electrons. The largest absolute Gasteiger partial charge is 0.469 e. The number of esters is 1. The molecule has 0 radical (unpaired) electrons. The monoisotopic (exact) mass is 448 g/mol. The van der Waals surface area contributed by atoms with Crippen molar-refractivity contribution in [1.82, 2.24) is 20.0 Å². The minimum Gasteiger partial charge on any atom is -0.469 e. The number of methoxy groups -OCH3 is 1. The van der Waals surface area contributed by atoms with Crippen LogP contribution in [0.2, 0.25) is 0 Å². The quantitative estimate of drug-likeness (QED) is 0.470. The van der Waals surface area contributed by atoms with Crippen LogP contribution in [0.15, 0.2) is 34.9 Å². The second-order valence-electron chi connectivity index (χ2n) is 9.23. The van der Waals surface area contributed by atoms with E-state index in [9.17, 15) is 4.79 Å². The Kier molecular flexibility index (Phi) is 6.88. The number of carbonyl (C=O) groups excluding carboxylic acids is 1. The van der Waals surface area contributed by atoms with E-state index in [0.717, 1.165) is 35.4 Å². The second kappa shape index (κ2) is 9.83. The average Bonchev–Trinajstić information content (AvgIpc) is 3.26. The SMILES string of the molecule is CCc1nc(CN2CC(C(=O)OC)C2)ccc1-c1noc(-c2ccc(CC(C)C)c(C)c2)n1. The minimum atomic E-state index is -0.138. The number of likely N-dealkylation sites (tertiary alicyclic amines) is 1. The molecule has 1 aliphatic heterocycles. The van der Waals surface area contributed by atoms with Gasteiger partial charge in [-0.1, -0.05) is 32.0 Å². The van der Waals surface area contributed by atoms with Crippen molar-refractivity contribution >= 4 is 5.97 Å². The average molecular weight is 449 g/mol. The number of hydrogen-bond donors (Lipinski definition) is 0. The fourth-order valence-electron chi connectivity index (χ4n) is 4.30. The fraction of sp³-hybridized carbons (Fsp3) is 0.462. The number of nitrogens with zero attached hydrogens (tertiary/aromatic N) is 4. The first-order valence-electron chi connectivity index (χ1n) is 11.6. The first kappa shape index (κ1) is 23.1. The number of hydrogen-bond acceptors (Lipinski definition) is 7. The van der Waals surface area contributed by atoms with Crippen LogP contribution in [-0.2, 0) is 28.9 Å². The van der Waals surface area contributed by atoms with E-state index in [1.807, 2.05) is 12.1 Å². The smallest absolute Gasteiger partial charge is 0.311 e. The van der Waals surface area contributed by atoms with E-state index in [1.165, 1.54) is 18.2 Å². The summed E-state index contributed by atoms with van der Waals surface area (Å²) < 4.78 is 10.4. The Bertz CT molecular complexity index is 1130. The molecule has 0 saturated carbocycles. The summed E-state index contributed by atoms with van der Waals surface area (Å²) in [5, 5.41) is 4.24. The Hall–Kier alpha value is -3.06. The lowest BCUT2D eigenvalue weighted by Crippen LogP contribution is -2.50. The summed E-state index contributed by atoms with van der Waals surface area (Å²) in [4.78, 5) is 23.3. The van der Waals surface area contributed by atoms with Crippen LogP contribution in [0.3, 0.4) is 0 Å². The predicted octanol–water partition coefficient (Wildman–Crippen LogP) is 4.47. The lowest BCUT2D eigenvalue weighted by atomic mass is 9.97. The van der Waals surface area contributed by atoms with Crippen LogP contribution in [0.1, 0.15) is 43.3 Å². The van der Waals surface area contributed by atoms with Crippen LogP contribution in [0.4, 0.5) is 0 Å². The van der Waals surface area contributed by atoms with Crippen molar-refractivity contribution in [3.63, 3.8) is 0 Å². The third-order valence-corrected chi connectivity index (χ3v) is 6.13. The number of pyridine rings is 1. The Labute approximate surface area is 195 Å². The number of carbonyl (C=O) groups is 1. The molecule has 7 heteroatoms. The summed E-state index contributed by atoms with van der Waals surface area (Å²) in [5.74, 6) is 1.52. The third kappa shape index (κ3) is 5.14. The molecule has 0 amide bonds. The van der Waals surface area contributed by atoms with Gasteiger partial charge in [0.05, 0.1) is 24.4 Å². The minimum absolute atomic E-state index is 0.0271. The summed E-state index contributed by atoms with van der Waals surface area (Å²) in [6.07, 6.45) is 1.82. The van der Waals surface area contributed by atoms with Crippen LogP contribution in [-0.4, -0.2) is 46.2 Å². The van der Waals surface area contributed by atoms with Crippen molar-refractivity contribution in [3.05, 3.63) is 52.8 Å². The number of aromatic nitrogens is 3. The molecule has 33 heavy (non-hydrogen) atoms. The molecule has 0 N–H and O–H groups in total. The van der Waals surface area contributed by atoms with Crippen LogP contribution in [0.5, 0.6) is 0 Å². The van der Waals surface area contributed by atoms with E-state index < -0.39 is 0 Å². The van der Waals surface area contributed by atoms with Gasteiger partial charge in [0.15, 0.2) is 0 Å². The van der Waals surface area contributed by atoms with E-state index in [0.29, 0.717) is 37.3 Å². The zero-order valence-electron chi connectivity index (χ0n) is 20.1. The molecule has 0 bridgehead atoms. The van der Waals surface area contributed by atoms with E-state index in [1.54, 1.807) is 0 Å². The molecular weight excluding hydrogens is 416 g/mol. The van der Waals surface area contributed by atoms with Gasteiger partial charge in [-0.15, -0.1) is 0 Å². The summed E-state index contributed by atoms with van der Waals surface area (Å²) >= 11 is 0. The van der Waals surface area contributed by atoms with Crippen molar-refractivity contribution in [1.29, 1.82) is 0 Å². The van der Waals surface area contributed by atoms with Crippen LogP contribution < -0.4 is 0 Å². The first-order valence-corrected chi connectivity index (χ1v) is 11.6. The van der Waals surface area contributed by atoms with Crippen LogP contribution in [0.25, 0.3) is 22.8 Å². The number of benzene rings is 1. The zero-order chi connectivity index (χ0) is 23.5. The van der Waals surface area contributed by atoms with Crippen molar-refractivity contribution in [3.8, 4) is 22.8 Å². The van der Waals surface area contributed by atoms with Crippen molar-refractivity contribution in [2.24, 2.45) is 11.8 Å². The molecule has 1 aromatic carbocycles. The molecule has 1 aliphatic rings. The standard InChI is InChI=1S/C26H32N4O3/c1-6-23-22(10-9-21(27-23)15-30-13-20(14-30)26(31)32-5)24-28-25(33-29-24)19-8-7-18(11-16(2)3)17(4)12-19/h7-10,12,16,20H,6,11,13-15H2,1-5H3. The molecule has 3 heterocycles. The Morgan fingerprint density at radius 1 is 1.21 bits per heavy atom. The van der Waals surface area contributed by atoms with Gasteiger partial charge in [-0.05, 0) is 61.1 Å². The molecular formula is C26H32N4O3. The topological polar surface area (TPSA) is 81.4 Å². The summed E-state index contributed by atoms with van der Waals surface area (Å²) in [6, 6.07) is 10.3. The van der Waals surface area contributed by atoms with Gasteiger partial charge in [-0.25, -0.2) is 0 Å². The highest BCUT2D eigenvalue weighted by Gasteiger charge is 2.33. The summed E-state index contributed by atoms with van der Waals surface area (Å²) in [6.45, 7) is 10.8. The van der Waals surface area contributed by atoms with Gasteiger partial charge in [0.25, 0.3) is 5.89 Å². The zero-order valence-corrected chi connectivity index (χ0v) is 20.1. The lowest BCUT2D eigenvalue weighted by molar-refractivity contribution is -0.151. The van der Waals surface area contributed by atoms with Gasteiger partial charge in [0.1, 0.15) is 0 Å². The molecule has 4 rings (SSSR count). The number of ether oxygens (including phenoxy) is 1. The normalized spacial score (nSPS) is 14.5. The Morgan fingerprint density at radius 2 is 2.00 bits per heavy atom. The molecule has 3 aromatic rings. The van der Waals surface area contributed by atoms with Crippen molar-refractivity contribution in [2.45, 2.75) is 47.1 Å². The number of rotatable bonds is 8. The molecule has 0 unspecified atom stereocenters. The molecule has 1 fully saturated rings. The highest BCUT2D eigenvalue weighted by Crippen LogP contribution is 2.27. The number of aryl methyl sites for hydroxylation is 2. The van der Waals surface area contributed by atoms with E-state index in [4.69, 9.17) is 14.2 Å². The maximum absolute atomic E-state index is 11.6. The Morgan fingerprint density at radius 3 is 2.67 bits per heavy atom. The van der Waals surface area contributed by atoms with Gasteiger partial charge in [0.2, 0.25) is 5.82 Å². The van der Waals surface area contributed by atoms with Gasteiger partial charge < -0.3 is 9.26 Å². The van der Waals surface area contributed by atoms with Crippen LogP contribution >= 0.6 is 0 Å². The van der Waals surface area contributed by atoms with Gasteiger partial charge in [-0.2, -0.15) is 4.98 Å². The first-order chi connectivity index (χ1) is 15.9. The van der Waals surface area contributed by atoms with Crippen LogP contribution in [0, 0.1) is 18.8 Å². The van der Waals surface area contributed by atoms with E-state index in [2.05, 4.69) is 60.9 Å². The van der Waals surface area contributed by atoms with Crippen molar-refractivity contribution < 1.29 is 14.1 Å². The fourth-order valence-corrected chi connectivity index (χ4v) is 4.30. The molecule has 1 saturated heterocycles. The maximum Gasteiger partial charge on any atom is 0.311 e. The third-order valence-electron chi connectivity index (χ3n) is 6.13. The molecule has 2 aromatic heterocycles. The predicted molar refractivity (Wildman–Crippen MR) is 126 cm³/mol.